The summed E-state index contributed by atoms with van der Waals surface area (Å²) in [6, 6.07) is 3.86. The van der Waals surface area contributed by atoms with E-state index in [-0.39, 0.29) is 0 Å². The van der Waals surface area contributed by atoms with Gasteiger partial charge in [-0.2, -0.15) is 4.52 Å². The number of ether oxygens (including phenoxy) is 1. The predicted molar refractivity (Wildman–Crippen MR) is 67.6 cm³/mol. The number of hydrogen-bond donors (Lipinski definition) is 1. The quantitative estimate of drug-likeness (QED) is 0.881. The first-order valence-electron chi connectivity index (χ1n) is 6.43. The number of aryl methyl sites for hydroxylation is 1. The Morgan fingerprint density at radius 1 is 1.44 bits per heavy atom. The molecule has 96 valence electrons. The van der Waals surface area contributed by atoms with Gasteiger partial charge in [0, 0.05) is 19.6 Å². The van der Waals surface area contributed by atoms with Crippen molar-refractivity contribution in [3.8, 4) is 0 Å². The zero-order chi connectivity index (χ0) is 12.4. The highest BCUT2D eigenvalue weighted by Gasteiger charge is 2.15. The molecule has 1 fully saturated rings. The number of hydrogen-bond acceptors (Lipinski definition) is 5. The number of aromatic nitrogens is 4. The van der Waals surface area contributed by atoms with Crippen molar-refractivity contribution in [1.82, 2.24) is 19.8 Å². The first-order chi connectivity index (χ1) is 8.86. The van der Waals surface area contributed by atoms with Crippen LogP contribution in [0.1, 0.15) is 25.6 Å². The normalized spacial score (nSPS) is 19.5. The highest BCUT2D eigenvalue weighted by Crippen LogP contribution is 2.13. The van der Waals surface area contributed by atoms with Crippen LogP contribution in [0.3, 0.4) is 0 Å². The molecule has 0 amide bonds. The summed E-state index contributed by atoms with van der Waals surface area (Å²) in [6.45, 7) is 3.73. The van der Waals surface area contributed by atoms with Crippen molar-refractivity contribution in [3.05, 3.63) is 18.0 Å². The van der Waals surface area contributed by atoms with Crippen LogP contribution in [0.5, 0.6) is 0 Å². The van der Waals surface area contributed by atoms with Gasteiger partial charge in [-0.3, -0.25) is 0 Å². The molecule has 0 bridgehead atoms. The molecular weight excluding hydrogens is 230 g/mol. The molecule has 6 heteroatoms. The van der Waals surface area contributed by atoms with Gasteiger partial charge in [0.2, 0.25) is 0 Å². The Bertz CT molecular complexity index is 532. The highest BCUT2D eigenvalue weighted by atomic mass is 16.5. The van der Waals surface area contributed by atoms with E-state index in [1.54, 1.807) is 4.52 Å². The van der Waals surface area contributed by atoms with Crippen LogP contribution in [-0.4, -0.2) is 39.1 Å². The third-order valence-corrected chi connectivity index (χ3v) is 3.18. The van der Waals surface area contributed by atoms with E-state index in [1.807, 2.05) is 19.1 Å². The number of nitrogens with one attached hydrogen (secondary N) is 1. The summed E-state index contributed by atoms with van der Waals surface area (Å²) in [5, 5.41) is 16.0. The first-order valence-corrected chi connectivity index (χ1v) is 6.43. The maximum absolute atomic E-state index is 5.57. The van der Waals surface area contributed by atoms with Crippen LogP contribution in [0.15, 0.2) is 12.1 Å². The third-order valence-electron chi connectivity index (χ3n) is 3.18. The summed E-state index contributed by atoms with van der Waals surface area (Å²) in [4.78, 5) is 0. The summed E-state index contributed by atoms with van der Waals surface area (Å²) in [6.07, 6.45) is 3.42. The van der Waals surface area contributed by atoms with Crippen molar-refractivity contribution >= 4 is 11.5 Å². The van der Waals surface area contributed by atoms with Gasteiger partial charge in [0.1, 0.15) is 5.82 Å². The minimum atomic E-state index is 0.314. The monoisotopic (exact) mass is 247 g/mol. The van der Waals surface area contributed by atoms with E-state index in [2.05, 4.69) is 20.6 Å². The molecule has 1 aliphatic rings. The average Bonchev–Trinajstić information content (AvgIpc) is 3.05. The molecule has 0 aliphatic carbocycles. The third kappa shape index (κ3) is 2.15. The molecule has 1 N–H and O–H groups in total. The van der Waals surface area contributed by atoms with Gasteiger partial charge >= 0.3 is 0 Å². The SMILES string of the molecule is CCc1nnc2ccc(NCC3CCCO3)nn12. The Labute approximate surface area is 105 Å². The second-order valence-corrected chi connectivity index (χ2v) is 4.47. The summed E-state index contributed by atoms with van der Waals surface area (Å²) in [5.74, 6) is 1.72. The Morgan fingerprint density at radius 2 is 2.39 bits per heavy atom. The summed E-state index contributed by atoms with van der Waals surface area (Å²) in [7, 11) is 0. The molecule has 0 radical (unpaired) electrons. The molecule has 1 aliphatic heterocycles. The van der Waals surface area contributed by atoms with Gasteiger partial charge in [0.25, 0.3) is 0 Å². The molecular formula is C12H17N5O. The lowest BCUT2D eigenvalue weighted by Crippen LogP contribution is -2.19. The van der Waals surface area contributed by atoms with Crippen molar-refractivity contribution in [2.45, 2.75) is 32.3 Å². The lowest BCUT2D eigenvalue weighted by Gasteiger charge is -2.11. The lowest BCUT2D eigenvalue weighted by atomic mass is 10.2. The Morgan fingerprint density at radius 3 is 3.17 bits per heavy atom. The van der Waals surface area contributed by atoms with Crippen LogP contribution in [-0.2, 0) is 11.2 Å². The first kappa shape index (κ1) is 11.4. The molecule has 3 heterocycles. The fourth-order valence-electron chi connectivity index (χ4n) is 2.17. The van der Waals surface area contributed by atoms with Gasteiger partial charge in [0.05, 0.1) is 6.10 Å². The van der Waals surface area contributed by atoms with Gasteiger partial charge in [-0.25, -0.2) is 0 Å². The van der Waals surface area contributed by atoms with Crippen LogP contribution in [0.2, 0.25) is 0 Å². The number of anilines is 1. The van der Waals surface area contributed by atoms with Gasteiger partial charge < -0.3 is 10.1 Å². The highest BCUT2D eigenvalue weighted by molar-refractivity contribution is 5.43. The van der Waals surface area contributed by atoms with Gasteiger partial charge in [-0.1, -0.05) is 6.92 Å². The maximum Gasteiger partial charge on any atom is 0.178 e. The number of rotatable bonds is 4. The Hall–Kier alpha value is -1.69. The van der Waals surface area contributed by atoms with Gasteiger partial charge in [-0.05, 0) is 25.0 Å². The van der Waals surface area contributed by atoms with E-state index in [0.717, 1.165) is 49.7 Å². The smallest absolute Gasteiger partial charge is 0.178 e. The number of nitrogens with zero attached hydrogens (tertiary/aromatic N) is 4. The maximum atomic E-state index is 5.57. The summed E-state index contributed by atoms with van der Waals surface area (Å²) >= 11 is 0. The second kappa shape index (κ2) is 4.89. The van der Waals surface area contributed by atoms with E-state index < -0.39 is 0 Å². The lowest BCUT2D eigenvalue weighted by molar-refractivity contribution is 0.120. The topological polar surface area (TPSA) is 64.3 Å². The molecule has 1 atom stereocenters. The molecule has 2 aromatic heterocycles. The van der Waals surface area contributed by atoms with Crippen molar-refractivity contribution in [2.24, 2.45) is 0 Å². The van der Waals surface area contributed by atoms with E-state index in [9.17, 15) is 0 Å². The molecule has 2 aromatic rings. The molecule has 1 unspecified atom stereocenters. The fraction of sp³-hybridized carbons (Fsp3) is 0.583. The van der Waals surface area contributed by atoms with E-state index in [4.69, 9.17) is 4.74 Å². The van der Waals surface area contributed by atoms with Crippen molar-refractivity contribution in [2.75, 3.05) is 18.5 Å². The molecule has 3 rings (SSSR count). The average molecular weight is 247 g/mol. The van der Waals surface area contributed by atoms with Crippen LogP contribution >= 0.6 is 0 Å². The van der Waals surface area contributed by atoms with Crippen molar-refractivity contribution in [1.29, 1.82) is 0 Å². The van der Waals surface area contributed by atoms with E-state index in [0.29, 0.717) is 6.10 Å². The van der Waals surface area contributed by atoms with Gasteiger partial charge in [0.15, 0.2) is 11.5 Å². The second-order valence-electron chi connectivity index (χ2n) is 4.47. The summed E-state index contributed by atoms with van der Waals surface area (Å²) in [5.41, 5.74) is 0.787. The molecule has 1 saturated heterocycles. The zero-order valence-corrected chi connectivity index (χ0v) is 10.5. The largest absolute Gasteiger partial charge is 0.376 e. The van der Waals surface area contributed by atoms with Crippen molar-refractivity contribution < 1.29 is 4.74 Å². The molecule has 18 heavy (non-hydrogen) atoms. The van der Waals surface area contributed by atoms with Crippen LogP contribution < -0.4 is 5.32 Å². The minimum absolute atomic E-state index is 0.314. The number of fused-ring (bicyclic) bond motifs is 1. The van der Waals surface area contributed by atoms with E-state index in [1.165, 1.54) is 0 Å². The molecule has 0 saturated carbocycles. The zero-order valence-electron chi connectivity index (χ0n) is 10.5. The van der Waals surface area contributed by atoms with Crippen molar-refractivity contribution in [3.63, 3.8) is 0 Å². The Kier molecular flexibility index (Phi) is 3.10. The van der Waals surface area contributed by atoms with Crippen LogP contribution in [0, 0.1) is 0 Å². The van der Waals surface area contributed by atoms with Crippen LogP contribution in [0.25, 0.3) is 5.65 Å². The predicted octanol–water partition coefficient (Wildman–Crippen LogP) is 1.28. The molecule has 0 aromatic carbocycles. The standard InChI is InChI=1S/C12H17N5O/c1-2-11-14-15-12-6-5-10(16-17(11)12)13-8-9-4-3-7-18-9/h5-6,9H,2-4,7-8H2,1H3,(H,13,16). The molecule has 0 spiro atoms. The van der Waals surface area contributed by atoms with Gasteiger partial charge in [-0.15, -0.1) is 15.3 Å². The van der Waals surface area contributed by atoms with Crippen LogP contribution in [0.4, 0.5) is 5.82 Å². The fourth-order valence-corrected chi connectivity index (χ4v) is 2.17. The minimum Gasteiger partial charge on any atom is -0.376 e. The van der Waals surface area contributed by atoms with E-state index >= 15 is 0 Å². The molecule has 6 nitrogen and oxygen atoms in total. The Balaban J connectivity index is 1.75. The summed E-state index contributed by atoms with van der Waals surface area (Å²) < 4.78 is 7.36.